The van der Waals surface area contributed by atoms with Crippen LogP contribution in [-0.4, -0.2) is 194 Å². The number of para-hydroxylation sites is 1. The van der Waals surface area contributed by atoms with E-state index in [2.05, 4.69) is 26.3 Å². The summed E-state index contributed by atoms with van der Waals surface area (Å²) in [6.45, 7) is 6.10. The number of carbonyl (C=O) groups excluding carboxylic acids is 5. The minimum atomic E-state index is -4.90. The molecule has 592 valence electrons. The number of nitriles is 1. The number of alkyl halides is 2. The number of likely N-dealkylation sites (tertiary alicyclic amines) is 1. The number of allylic oxidation sites excluding steroid dienone is 7. The number of hydrogen-bond acceptors (Lipinski definition) is 21. The van der Waals surface area contributed by atoms with E-state index in [1.807, 2.05) is 61.5 Å². The van der Waals surface area contributed by atoms with Crippen LogP contribution >= 0.6 is 0 Å². The Hall–Kier alpha value is -9.42. The summed E-state index contributed by atoms with van der Waals surface area (Å²) in [7, 11) is -18.4. The number of amides is 5. The van der Waals surface area contributed by atoms with Gasteiger partial charge in [0, 0.05) is 91.5 Å². The molecule has 1 aliphatic carbocycles. The van der Waals surface area contributed by atoms with Gasteiger partial charge in [0.05, 0.1) is 82.2 Å². The molecule has 2 unspecified atom stereocenters. The van der Waals surface area contributed by atoms with E-state index < -0.39 is 142 Å². The SMILES string of the molecule is CC1(C)C(=CC=C2CCCC(C=CC3=[N+](CCCCCC(=O)NCC(O)CC(=O)NCC(O)CC(=O)NCCCOc4cccc5c(C(=O)NCC(=O)N6CC(F)(F)C[C@H]6C#N)ccnc45)c4ccc(S(=O)(=O)[O-])cc4C3(C)C)=C2Oc2ccc(S(=O)(=O)O)cc2)N(CCCCS(=O)(=O)O)c2ccc(S(=O)(=O)O)cc21. The number of nitrogens with one attached hydrogen (secondary N) is 4. The first-order valence-corrected chi connectivity index (χ1v) is 41.3. The zero-order valence-corrected chi connectivity index (χ0v) is 63.9. The van der Waals surface area contributed by atoms with Crippen molar-refractivity contribution in [2.75, 3.05) is 63.1 Å². The Balaban J connectivity index is 0.781. The molecule has 4 aromatic carbocycles. The first-order chi connectivity index (χ1) is 51.6. The number of hydrogen-bond donors (Lipinski definition) is 9. The van der Waals surface area contributed by atoms with Crippen molar-refractivity contribution in [3.05, 3.63) is 155 Å². The summed E-state index contributed by atoms with van der Waals surface area (Å²) in [4.78, 5) is 70.1. The number of pyridine rings is 1. The molecule has 5 aromatic rings. The predicted octanol–water partition coefficient (Wildman–Crippen LogP) is 6.73. The molecule has 3 atom stereocenters. The summed E-state index contributed by atoms with van der Waals surface area (Å²) >= 11 is 0. The van der Waals surface area contributed by atoms with E-state index in [9.17, 15) is 100 Å². The molecule has 1 aromatic heterocycles. The van der Waals surface area contributed by atoms with Crippen LogP contribution in [0.2, 0.25) is 0 Å². The van der Waals surface area contributed by atoms with Crippen LogP contribution in [0.5, 0.6) is 11.5 Å². The highest BCUT2D eigenvalue weighted by molar-refractivity contribution is 7.86. The van der Waals surface area contributed by atoms with Gasteiger partial charge in [-0.2, -0.15) is 35.1 Å². The van der Waals surface area contributed by atoms with Crippen molar-refractivity contribution < 1.29 is 109 Å². The van der Waals surface area contributed by atoms with E-state index in [1.54, 1.807) is 36.4 Å². The zero-order chi connectivity index (χ0) is 80.3. The van der Waals surface area contributed by atoms with Gasteiger partial charge in [-0.1, -0.05) is 32.1 Å². The number of fused-ring (bicyclic) bond motifs is 3. The smallest absolute Gasteiger partial charge is 0.294 e. The van der Waals surface area contributed by atoms with Crippen LogP contribution in [0.3, 0.4) is 0 Å². The normalized spacial score (nSPS) is 18.1. The first-order valence-electron chi connectivity index (χ1n) is 35.4. The van der Waals surface area contributed by atoms with E-state index in [0.717, 1.165) is 4.90 Å². The number of aromatic nitrogens is 1. The van der Waals surface area contributed by atoms with Crippen LogP contribution < -0.4 is 35.6 Å². The number of aliphatic hydroxyl groups is 2. The van der Waals surface area contributed by atoms with Crippen LogP contribution in [0, 0.1) is 11.3 Å². The highest BCUT2D eigenvalue weighted by atomic mass is 32.2. The van der Waals surface area contributed by atoms with Gasteiger partial charge >= 0.3 is 0 Å². The average molecular weight is 1600 g/mol. The topological polar surface area (TPSA) is 459 Å². The van der Waals surface area contributed by atoms with Gasteiger partial charge in [-0.05, 0) is 161 Å². The third-order valence-electron chi connectivity index (χ3n) is 19.3. The molecule has 4 aliphatic rings. The number of aliphatic hydroxyl groups excluding tert-OH is 2. The molecule has 9 N–H and O–H groups in total. The molecular formula is C74H87F2N9O21S4. The number of nitrogens with zero attached hydrogens (tertiary/aromatic N) is 5. The van der Waals surface area contributed by atoms with Crippen LogP contribution in [0.4, 0.5) is 20.2 Å². The molecule has 1 fully saturated rings. The average Bonchev–Trinajstić information content (AvgIpc) is 1.58. The van der Waals surface area contributed by atoms with Crippen molar-refractivity contribution in [1.82, 2.24) is 31.2 Å². The van der Waals surface area contributed by atoms with Crippen LogP contribution in [0.15, 0.2) is 153 Å². The van der Waals surface area contributed by atoms with Crippen LogP contribution in [0.1, 0.15) is 133 Å². The van der Waals surface area contributed by atoms with Crippen molar-refractivity contribution in [2.24, 2.45) is 0 Å². The van der Waals surface area contributed by atoms with Crippen molar-refractivity contribution in [3.63, 3.8) is 0 Å². The maximum absolute atomic E-state index is 13.9. The van der Waals surface area contributed by atoms with Gasteiger partial charge < -0.3 is 55.3 Å². The lowest BCUT2D eigenvalue weighted by molar-refractivity contribution is -0.438. The molecule has 9 rings (SSSR count). The lowest BCUT2D eigenvalue weighted by Crippen LogP contribution is -2.43. The lowest BCUT2D eigenvalue weighted by Gasteiger charge is -2.27. The first kappa shape index (κ1) is 84.6. The van der Waals surface area contributed by atoms with E-state index in [-0.39, 0.29) is 79.6 Å². The molecule has 3 aliphatic heterocycles. The Morgan fingerprint density at radius 2 is 1.41 bits per heavy atom. The number of rotatable bonds is 35. The molecular weight excluding hydrogens is 1520 g/mol. The fraction of sp³-hybridized carbons (Fsp3) is 0.432. The van der Waals surface area contributed by atoms with Crippen molar-refractivity contribution >= 4 is 98.0 Å². The zero-order valence-electron chi connectivity index (χ0n) is 60.7. The number of anilines is 1. The maximum Gasteiger partial charge on any atom is 0.294 e. The monoisotopic (exact) mass is 1600 g/mol. The van der Waals surface area contributed by atoms with Crippen molar-refractivity contribution in [1.29, 1.82) is 5.26 Å². The molecule has 0 bridgehead atoms. The second-order valence-electron chi connectivity index (χ2n) is 28.2. The Bertz CT molecular complexity index is 5060. The Labute approximate surface area is 636 Å². The summed E-state index contributed by atoms with van der Waals surface area (Å²) in [5.41, 5.74) is 3.56. The van der Waals surface area contributed by atoms with Gasteiger partial charge in [0.15, 0.2) is 5.71 Å². The Kier molecular flexibility index (Phi) is 27.1. The number of carbonyl (C=O) groups is 5. The fourth-order valence-electron chi connectivity index (χ4n) is 13.7. The minimum Gasteiger partial charge on any atom is -0.744 e. The largest absolute Gasteiger partial charge is 0.744 e. The van der Waals surface area contributed by atoms with Crippen molar-refractivity contribution in [2.45, 2.75) is 161 Å². The quantitative estimate of drug-likeness (QED) is 0.0115. The lowest BCUT2D eigenvalue weighted by atomic mass is 9.81. The van der Waals surface area contributed by atoms with E-state index in [0.29, 0.717) is 119 Å². The third-order valence-corrected chi connectivity index (χ3v) is 22.6. The van der Waals surface area contributed by atoms with Gasteiger partial charge in [-0.3, -0.25) is 42.6 Å². The van der Waals surface area contributed by atoms with Gasteiger partial charge in [0.25, 0.3) is 42.2 Å². The molecule has 0 spiro atoms. The van der Waals surface area contributed by atoms with Gasteiger partial charge in [-0.15, -0.1) is 0 Å². The molecule has 110 heavy (non-hydrogen) atoms. The maximum atomic E-state index is 13.9. The van der Waals surface area contributed by atoms with E-state index >= 15 is 0 Å². The Morgan fingerprint density at radius 3 is 2.08 bits per heavy atom. The number of unbranched alkanes of at least 4 members (excludes halogenated alkanes) is 3. The molecule has 4 heterocycles. The summed E-state index contributed by atoms with van der Waals surface area (Å²) in [5.74, 6) is -5.99. The predicted molar refractivity (Wildman–Crippen MR) is 396 cm³/mol. The Morgan fingerprint density at radius 1 is 0.745 bits per heavy atom. The third kappa shape index (κ3) is 21.8. The second-order valence-corrected chi connectivity index (χ2v) is 34.0. The number of halogens is 2. The molecule has 36 heteroatoms. The van der Waals surface area contributed by atoms with Crippen molar-refractivity contribution in [3.8, 4) is 17.6 Å². The molecule has 30 nitrogen and oxygen atoms in total. The summed E-state index contributed by atoms with van der Waals surface area (Å²) in [5, 5.41) is 40.9. The second kappa shape index (κ2) is 35.3. The standard InChI is InChI=1S/C74H87F2N9O21S4/c1-72(2)58-39-54(109(99,100)101)24-26-60(58)83(63(72)28-18-47-13-10-14-48(70(47)106-52-20-22-53(23-21-52)108(96,97)98)19-29-64-73(3,4)59-40-55(110(102,103)104)25-27-61(59)84(64)34-8-9-36-107(93,94)95)33-7-5-6-17-65(88)80-43-51(87)38-67(90)81-44-50(86)37-66(89)78-31-12-35-105-62-16-11-15-56-57(30-32-79-69(56)62)71(92)82-45-68(91)85-46-74(75,76)41-49(85)42-77/h11,15-16,18-30,32,39-40,49-51,86-87H,5-10,12-14,17,31,33-38,41,43-46H2,1-4H3,(H7-,78,80,81,82,88,89,90,92,93,94,95,96,97,98,99,100,101,102,103,104)/t49-,50?,51?/m0/s1. The molecule has 0 saturated carbocycles. The van der Waals surface area contributed by atoms with Crippen LogP contribution in [0.25, 0.3) is 10.9 Å². The summed E-state index contributed by atoms with van der Waals surface area (Å²) < 4.78 is 181. The number of ether oxygens (including phenoxy) is 2. The summed E-state index contributed by atoms with van der Waals surface area (Å²) in [6, 6.07) is 20.0. The van der Waals surface area contributed by atoms with Gasteiger partial charge in [0.1, 0.15) is 45.5 Å². The van der Waals surface area contributed by atoms with Gasteiger partial charge in [0.2, 0.25) is 29.3 Å². The molecule has 5 amide bonds. The van der Waals surface area contributed by atoms with E-state index in [1.165, 1.54) is 60.8 Å². The van der Waals surface area contributed by atoms with E-state index in [4.69, 9.17) is 9.47 Å². The highest BCUT2D eigenvalue weighted by Gasteiger charge is 2.48. The summed E-state index contributed by atoms with van der Waals surface area (Å²) in [6.07, 6.45) is 8.12. The fourth-order valence-corrected chi connectivity index (χ4v) is 15.7. The van der Waals surface area contributed by atoms with Crippen LogP contribution in [-0.2, 0) is 70.5 Å². The molecule has 0 radical (unpaired) electrons. The number of benzene rings is 4. The minimum absolute atomic E-state index is 0.0424. The van der Waals surface area contributed by atoms with Gasteiger partial charge in [-0.25, -0.2) is 17.2 Å². The molecule has 1 saturated heterocycles. The highest BCUT2D eigenvalue weighted by Crippen LogP contribution is 2.49.